The zero-order valence-corrected chi connectivity index (χ0v) is 20.6. The molecule has 0 radical (unpaired) electrons. The molecule has 0 spiro atoms. The van der Waals surface area contributed by atoms with Crippen molar-refractivity contribution in [2.24, 2.45) is 10.9 Å². The van der Waals surface area contributed by atoms with Crippen LogP contribution in [-0.4, -0.2) is 34.7 Å². The van der Waals surface area contributed by atoms with Gasteiger partial charge < -0.3 is 20.7 Å². The number of carbonyl (C=O) groups excluding carboxylic acids is 2. The van der Waals surface area contributed by atoms with E-state index in [2.05, 4.69) is 39.4 Å². The molecule has 1 aromatic carbocycles. The Bertz CT molecular complexity index is 1210. The number of amides is 3. The number of nitrogens with zero attached hydrogens (tertiary/aromatic N) is 2. The smallest absolute Gasteiger partial charge is 0.319 e. The topological polar surface area (TPSA) is 105 Å². The van der Waals surface area contributed by atoms with Crippen LogP contribution in [0.1, 0.15) is 26.2 Å². The summed E-state index contributed by atoms with van der Waals surface area (Å²) in [7, 11) is 0. The van der Waals surface area contributed by atoms with E-state index >= 15 is 0 Å². The molecule has 2 aromatic rings. The van der Waals surface area contributed by atoms with Gasteiger partial charge in [0.15, 0.2) is 5.82 Å². The van der Waals surface area contributed by atoms with E-state index in [1.807, 2.05) is 12.2 Å². The van der Waals surface area contributed by atoms with Crippen molar-refractivity contribution in [2.45, 2.75) is 38.3 Å². The van der Waals surface area contributed by atoms with Crippen LogP contribution in [0.15, 0.2) is 60.3 Å². The van der Waals surface area contributed by atoms with Crippen LogP contribution in [0, 0.1) is 5.92 Å². The third kappa shape index (κ3) is 6.61. The Morgan fingerprint density at radius 3 is 2.74 bits per heavy atom. The number of allylic oxidation sites excluding steroid dienone is 1. The first-order valence-electron chi connectivity index (χ1n) is 11.2. The summed E-state index contributed by atoms with van der Waals surface area (Å²) in [4.78, 5) is 32.8. The molecule has 1 fully saturated rings. The van der Waals surface area contributed by atoms with Gasteiger partial charge in [0.05, 0.1) is 22.5 Å². The van der Waals surface area contributed by atoms with Crippen molar-refractivity contribution in [2.75, 3.05) is 5.32 Å². The SMILES string of the molecule is C=CC(=O)NC1CC(C)C=CC1=Nc1cc(Oc2ccc(NC(=O)NC3CC3)c(Cl)c2Cl)ccn1. The number of halogens is 2. The molecule has 2 unspecified atom stereocenters. The average Bonchev–Trinajstić information content (AvgIpc) is 3.64. The number of rotatable bonds is 7. The number of aliphatic imine (C=N–C) groups is 1. The van der Waals surface area contributed by atoms with E-state index in [-0.39, 0.29) is 34.1 Å². The lowest BCUT2D eigenvalue weighted by Gasteiger charge is -2.24. The standard InChI is InChI=1S/C25H25Cl2N5O3/c1-3-22(33)31-19-12-14(2)4-7-17(19)30-21-13-16(10-11-28-21)35-20-9-8-18(23(26)24(20)27)32-25(34)29-15-5-6-15/h3-4,7-11,13-15,19H,1,5-6,12H2,2H3,(H,31,33)(H2,29,32,34). The number of aromatic nitrogens is 1. The number of nitrogens with one attached hydrogen (secondary N) is 3. The molecule has 182 valence electrons. The van der Waals surface area contributed by atoms with Crippen molar-refractivity contribution < 1.29 is 14.3 Å². The summed E-state index contributed by atoms with van der Waals surface area (Å²) in [6, 6.07) is 6.21. The van der Waals surface area contributed by atoms with Gasteiger partial charge in [-0.05, 0) is 55.5 Å². The second-order valence-corrected chi connectivity index (χ2v) is 9.19. The molecule has 3 N–H and O–H groups in total. The molecule has 0 aliphatic heterocycles. The minimum Gasteiger partial charge on any atom is -0.456 e. The maximum atomic E-state index is 12.0. The number of benzene rings is 1. The molecule has 10 heteroatoms. The molecule has 1 aromatic heterocycles. The Morgan fingerprint density at radius 1 is 1.20 bits per heavy atom. The summed E-state index contributed by atoms with van der Waals surface area (Å²) in [6.07, 6.45) is 9.41. The van der Waals surface area contributed by atoms with Crippen molar-refractivity contribution in [3.05, 3.63) is 65.3 Å². The molecule has 0 bridgehead atoms. The van der Waals surface area contributed by atoms with Crippen LogP contribution in [0.2, 0.25) is 10.0 Å². The Morgan fingerprint density at radius 2 is 2.00 bits per heavy atom. The molecule has 2 atom stereocenters. The maximum Gasteiger partial charge on any atom is 0.319 e. The molecule has 35 heavy (non-hydrogen) atoms. The molecule has 1 heterocycles. The quantitative estimate of drug-likeness (QED) is 0.406. The fourth-order valence-electron chi connectivity index (χ4n) is 3.49. The highest BCUT2D eigenvalue weighted by Crippen LogP contribution is 2.40. The van der Waals surface area contributed by atoms with Crippen molar-refractivity contribution in [3.63, 3.8) is 0 Å². The Balaban J connectivity index is 1.50. The molecule has 4 rings (SSSR count). The third-order valence-electron chi connectivity index (χ3n) is 5.46. The largest absolute Gasteiger partial charge is 0.456 e. The molecule has 3 amide bonds. The Hall–Kier alpha value is -3.36. The highest BCUT2D eigenvalue weighted by Gasteiger charge is 2.24. The predicted molar refractivity (Wildman–Crippen MR) is 138 cm³/mol. The zero-order chi connectivity index (χ0) is 24.9. The minimum atomic E-state index is -0.328. The second kappa shape index (κ2) is 10.9. The number of hydrogen-bond acceptors (Lipinski definition) is 5. The van der Waals surface area contributed by atoms with Crippen LogP contribution in [0.25, 0.3) is 0 Å². The zero-order valence-electron chi connectivity index (χ0n) is 19.1. The fourth-order valence-corrected chi connectivity index (χ4v) is 3.90. The first kappa shape index (κ1) is 24.8. The van der Waals surface area contributed by atoms with Gasteiger partial charge in [-0.1, -0.05) is 42.8 Å². The van der Waals surface area contributed by atoms with E-state index in [9.17, 15) is 9.59 Å². The monoisotopic (exact) mass is 513 g/mol. The molecule has 1 saturated carbocycles. The first-order valence-corrected chi connectivity index (χ1v) is 12.0. The van der Waals surface area contributed by atoms with Crippen LogP contribution in [0.5, 0.6) is 11.5 Å². The van der Waals surface area contributed by atoms with E-state index in [4.69, 9.17) is 27.9 Å². The number of hydrogen-bond donors (Lipinski definition) is 3. The van der Waals surface area contributed by atoms with Gasteiger partial charge in [-0.2, -0.15) is 0 Å². The minimum absolute atomic E-state index is 0.164. The van der Waals surface area contributed by atoms with E-state index < -0.39 is 0 Å². The van der Waals surface area contributed by atoms with Crippen LogP contribution in [0.4, 0.5) is 16.3 Å². The molecular weight excluding hydrogens is 489 g/mol. The van der Waals surface area contributed by atoms with E-state index in [0.29, 0.717) is 34.6 Å². The van der Waals surface area contributed by atoms with Gasteiger partial charge in [0.2, 0.25) is 5.91 Å². The Kier molecular flexibility index (Phi) is 7.73. The lowest BCUT2D eigenvalue weighted by atomic mass is 9.91. The molecule has 8 nitrogen and oxygen atoms in total. The van der Waals surface area contributed by atoms with Crippen molar-refractivity contribution in [3.8, 4) is 11.5 Å². The van der Waals surface area contributed by atoms with Crippen molar-refractivity contribution in [1.29, 1.82) is 0 Å². The van der Waals surface area contributed by atoms with Crippen molar-refractivity contribution in [1.82, 2.24) is 15.6 Å². The summed E-state index contributed by atoms with van der Waals surface area (Å²) >= 11 is 12.8. The van der Waals surface area contributed by atoms with Gasteiger partial charge in [-0.3, -0.25) is 4.79 Å². The maximum absolute atomic E-state index is 12.0. The number of carbonyl (C=O) groups is 2. The normalized spacial score (nSPS) is 20.3. The summed E-state index contributed by atoms with van der Waals surface area (Å²) < 4.78 is 5.93. The van der Waals surface area contributed by atoms with Gasteiger partial charge in [0, 0.05) is 18.3 Å². The highest BCUT2D eigenvalue weighted by molar-refractivity contribution is 6.44. The van der Waals surface area contributed by atoms with Gasteiger partial charge in [-0.25, -0.2) is 14.8 Å². The fraction of sp³-hybridized carbons (Fsp3) is 0.280. The van der Waals surface area contributed by atoms with Crippen LogP contribution < -0.4 is 20.7 Å². The number of anilines is 1. The van der Waals surface area contributed by atoms with Crippen LogP contribution >= 0.6 is 23.2 Å². The summed E-state index contributed by atoms with van der Waals surface area (Å²) in [5.41, 5.74) is 1.07. The van der Waals surface area contributed by atoms with Gasteiger partial charge >= 0.3 is 6.03 Å². The lowest BCUT2D eigenvalue weighted by molar-refractivity contribution is -0.116. The molecule has 2 aliphatic carbocycles. The Labute approximate surface area is 213 Å². The first-order chi connectivity index (χ1) is 16.8. The average molecular weight is 514 g/mol. The predicted octanol–water partition coefficient (Wildman–Crippen LogP) is 5.80. The highest BCUT2D eigenvalue weighted by atomic mass is 35.5. The summed E-state index contributed by atoms with van der Waals surface area (Å²) in [5, 5.41) is 8.77. The van der Waals surface area contributed by atoms with E-state index in [1.54, 1.807) is 30.5 Å². The van der Waals surface area contributed by atoms with Gasteiger partial charge in [0.1, 0.15) is 16.5 Å². The third-order valence-corrected chi connectivity index (χ3v) is 6.32. The van der Waals surface area contributed by atoms with Crippen LogP contribution in [0.3, 0.4) is 0 Å². The van der Waals surface area contributed by atoms with Crippen molar-refractivity contribution >= 4 is 52.4 Å². The second-order valence-electron chi connectivity index (χ2n) is 8.44. The number of ether oxygens (including phenoxy) is 1. The summed E-state index contributed by atoms with van der Waals surface area (Å²) in [6.45, 7) is 5.58. The van der Waals surface area contributed by atoms with Crippen LogP contribution in [-0.2, 0) is 4.79 Å². The number of pyridine rings is 1. The van der Waals surface area contributed by atoms with E-state index in [0.717, 1.165) is 19.3 Å². The molecule has 2 aliphatic rings. The molecule has 0 saturated heterocycles. The summed E-state index contributed by atoms with van der Waals surface area (Å²) in [5.74, 6) is 1.22. The van der Waals surface area contributed by atoms with E-state index in [1.165, 1.54) is 6.08 Å². The molecular formula is C25H25Cl2N5O3. The number of urea groups is 1. The van der Waals surface area contributed by atoms with Gasteiger partial charge in [-0.15, -0.1) is 0 Å². The lowest BCUT2D eigenvalue weighted by Crippen LogP contribution is -2.41. The van der Waals surface area contributed by atoms with Gasteiger partial charge in [0.25, 0.3) is 0 Å².